The first-order valence-corrected chi connectivity index (χ1v) is 6.48. The van der Waals surface area contributed by atoms with E-state index >= 15 is 0 Å². The zero-order chi connectivity index (χ0) is 13.2. The van der Waals surface area contributed by atoms with Gasteiger partial charge < -0.3 is 5.32 Å². The predicted molar refractivity (Wildman–Crippen MR) is 75.2 cm³/mol. The number of unbranched alkanes of at least 4 members (excludes halogenated alkanes) is 2. The zero-order valence-corrected chi connectivity index (χ0v) is 11.0. The highest BCUT2D eigenvalue weighted by atomic mass is 16.1. The topological polar surface area (TPSA) is 29.1 Å². The molecule has 0 saturated heterocycles. The van der Waals surface area contributed by atoms with Crippen molar-refractivity contribution < 1.29 is 4.79 Å². The van der Waals surface area contributed by atoms with E-state index in [0.717, 1.165) is 32.2 Å². The van der Waals surface area contributed by atoms with E-state index in [1.807, 2.05) is 0 Å². The molecule has 96 valence electrons. The van der Waals surface area contributed by atoms with Crippen LogP contribution in [-0.2, 0) is 11.2 Å². The summed E-state index contributed by atoms with van der Waals surface area (Å²) in [5.74, 6) is 2.72. The molecule has 1 N–H and O–H groups in total. The van der Waals surface area contributed by atoms with Crippen molar-refractivity contribution in [2.75, 3.05) is 6.54 Å². The molecule has 1 aromatic carbocycles. The Hall–Kier alpha value is -1.75. The lowest BCUT2D eigenvalue weighted by atomic mass is 10.1. The number of nitrogens with one attached hydrogen (secondary N) is 1. The van der Waals surface area contributed by atoms with Gasteiger partial charge in [0.15, 0.2) is 0 Å². The van der Waals surface area contributed by atoms with E-state index in [9.17, 15) is 4.79 Å². The normalized spacial score (nSPS) is 9.78. The molecule has 1 amide bonds. The number of aryl methyl sites for hydroxylation is 2. The van der Waals surface area contributed by atoms with Gasteiger partial charge in [-0.05, 0) is 31.7 Å². The summed E-state index contributed by atoms with van der Waals surface area (Å²) in [5, 5.41) is 2.92. The first-order chi connectivity index (χ1) is 8.72. The largest absolute Gasteiger partial charge is 0.356 e. The van der Waals surface area contributed by atoms with E-state index in [0.29, 0.717) is 6.42 Å². The smallest absolute Gasteiger partial charge is 0.220 e. The van der Waals surface area contributed by atoms with Crippen LogP contribution in [0.1, 0.15) is 36.8 Å². The molecule has 0 aliphatic carbocycles. The molecule has 1 rings (SSSR count). The van der Waals surface area contributed by atoms with E-state index in [2.05, 4.69) is 42.4 Å². The SMILES string of the molecule is C#CCCCCNC(=O)CCc1ccc(C)cc1. The second-order valence-corrected chi connectivity index (χ2v) is 4.50. The second kappa shape index (κ2) is 8.36. The molecule has 0 spiro atoms. The summed E-state index contributed by atoms with van der Waals surface area (Å²) in [6, 6.07) is 8.31. The van der Waals surface area contributed by atoms with Gasteiger partial charge in [-0.2, -0.15) is 0 Å². The first-order valence-electron chi connectivity index (χ1n) is 6.48. The molecule has 0 aliphatic heterocycles. The Morgan fingerprint density at radius 3 is 2.67 bits per heavy atom. The monoisotopic (exact) mass is 243 g/mol. The average molecular weight is 243 g/mol. The Morgan fingerprint density at radius 1 is 1.28 bits per heavy atom. The minimum absolute atomic E-state index is 0.122. The number of terminal acetylenes is 1. The van der Waals surface area contributed by atoms with Gasteiger partial charge in [0.2, 0.25) is 5.91 Å². The van der Waals surface area contributed by atoms with E-state index < -0.39 is 0 Å². The van der Waals surface area contributed by atoms with Crippen molar-refractivity contribution in [1.82, 2.24) is 5.32 Å². The highest BCUT2D eigenvalue weighted by molar-refractivity contribution is 5.76. The number of hydrogen-bond acceptors (Lipinski definition) is 1. The van der Waals surface area contributed by atoms with Crippen LogP contribution < -0.4 is 5.32 Å². The second-order valence-electron chi connectivity index (χ2n) is 4.50. The van der Waals surface area contributed by atoms with E-state index in [1.165, 1.54) is 11.1 Å². The van der Waals surface area contributed by atoms with Crippen molar-refractivity contribution in [3.05, 3.63) is 35.4 Å². The fourth-order valence-corrected chi connectivity index (χ4v) is 1.68. The molecule has 2 heteroatoms. The number of benzene rings is 1. The highest BCUT2D eigenvalue weighted by Crippen LogP contribution is 2.05. The number of carbonyl (C=O) groups excluding carboxylic acids is 1. The third-order valence-electron chi connectivity index (χ3n) is 2.83. The Bertz CT molecular complexity index is 400. The maximum Gasteiger partial charge on any atom is 0.220 e. The molecule has 0 aliphatic rings. The molecule has 1 aromatic rings. The zero-order valence-electron chi connectivity index (χ0n) is 11.0. The molecule has 0 saturated carbocycles. The molecular formula is C16H21NO. The van der Waals surface area contributed by atoms with Crippen molar-refractivity contribution in [2.45, 2.75) is 39.0 Å². The van der Waals surface area contributed by atoms with Crippen LogP contribution in [-0.4, -0.2) is 12.5 Å². The third-order valence-corrected chi connectivity index (χ3v) is 2.83. The van der Waals surface area contributed by atoms with Crippen molar-refractivity contribution >= 4 is 5.91 Å². The number of rotatable bonds is 7. The molecule has 0 unspecified atom stereocenters. The average Bonchev–Trinajstić information content (AvgIpc) is 2.38. The van der Waals surface area contributed by atoms with E-state index in [4.69, 9.17) is 6.42 Å². The van der Waals surface area contributed by atoms with Crippen molar-refractivity contribution in [3.63, 3.8) is 0 Å². The number of carbonyl (C=O) groups is 1. The van der Waals surface area contributed by atoms with Gasteiger partial charge in [0.1, 0.15) is 0 Å². The number of hydrogen-bond donors (Lipinski definition) is 1. The molecule has 0 radical (unpaired) electrons. The fraction of sp³-hybridized carbons (Fsp3) is 0.438. The van der Waals surface area contributed by atoms with Crippen LogP contribution in [0.3, 0.4) is 0 Å². The fourth-order valence-electron chi connectivity index (χ4n) is 1.68. The molecule has 0 bridgehead atoms. The molecule has 0 aromatic heterocycles. The molecular weight excluding hydrogens is 222 g/mol. The molecule has 0 heterocycles. The Kier molecular flexibility index (Phi) is 6.64. The van der Waals surface area contributed by atoms with Crippen LogP contribution in [0.5, 0.6) is 0 Å². The van der Waals surface area contributed by atoms with Crippen LogP contribution in [0.25, 0.3) is 0 Å². The van der Waals surface area contributed by atoms with E-state index in [-0.39, 0.29) is 5.91 Å². The lowest BCUT2D eigenvalue weighted by molar-refractivity contribution is -0.121. The molecule has 2 nitrogen and oxygen atoms in total. The van der Waals surface area contributed by atoms with E-state index in [1.54, 1.807) is 0 Å². The van der Waals surface area contributed by atoms with Gasteiger partial charge in [-0.25, -0.2) is 0 Å². The van der Waals surface area contributed by atoms with Crippen molar-refractivity contribution in [2.24, 2.45) is 0 Å². The molecule has 0 fully saturated rings. The minimum atomic E-state index is 0.122. The van der Waals surface area contributed by atoms with Gasteiger partial charge in [0.05, 0.1) is 0 Å². The van der Waals surface area contributed by atoms with Gasteiger partial charge in [-0.15, -0.1) is 12.3 Å². The molecule has 0 atom stereocenters. The Morgan fingerprint density at radius 2 is 2.00 bits per heavy atom. The molecule has 18 heavy (non-hydrogen) atoms. The summed E-state index contributed by atoms with van der Waals surface area (Å²) in [6.45, 7) is 2.79. The quantitative estimate of drug-likeness (QED) is 0.579. The summed E-state index contributed by atoms with van der Waals surface area (Å²) in [4.78, 5) is 11.6. The van der Waals surface area contributed by atoms with Gasteiger partial charge in [0.25, 0.3) is 0 Å². The summed E-state index contributed by atoms with van der Waals surface area (Å²) in [7, 11) is 0. The Balaban J connectivity index is 2.13. The van der Waals surface area contributed by atoms with Gasteiger partial charge in [-0.1, -0.05) is 29.8 Å². The van der Waals surface area contributed by atoms with Crippen LogP contribution in [0.4, 0.5) is 0 Å². The first kappa shape index (κ1) is 14.3. The Labute approximate surface area is 110 Å². The maximum absolute atomic E-state index is 11.6. The minimum Gasteiger partial charge on any atom is -0.356 e. The summed E-state index contributed by atoms with van der Waals surface area (Å²) < 4.78 is 0. The summed E-state index contributed by atoms with van der Waals surface area (Å²) in [6.07, 6.45) is 9.24. The highest BCUT2D eigenvalue weighted by Gasteiger charge is 2.01. The van der Waals surface area contributed by atoms with Crippen molar-refractivity contribution in [1.29, 1.82) is 0 Å². The number of amides is 1. The predicted octanol–water partition coefficient (Wildman–Crippen LogP) is 2.85. The van der Waals surface area contributed by atoms with Gasteiger partial charge >= 0.3 is 0 Å². The summed E-state index contributed by atoms with van der Waals surface area (Å²) >= 11 is 0. The van der Waals surface area contributed by atoms with Crippen LogP contribution in [0, 0.1) is 19.3 Å². The van der Waals surface area contributed by atoms with Gasteiger partial charge in [-0.3, -0.25) is 4.79 Å². The van der Waals surface area contributed by atoms with Gasteiger partial charge in [0, 0.05) is 19.4 Å². The van der Waals surface area contributed by atoms with Crippen LogP contribution in [0.15, 0.2) is 24.3 Å². The van der Waals surface area contributed by atoms with Crippen LogP contribution in [0.2, 0.25) is 0 Å². The third kappa shape index (κ3) is 6.10. The standard InChI is InChI=1S/C16H21NO/c1-3-4-5-6-13-17-16(18)12-11-15-9-7-14(2)8-10-15/h1,7-10H,4-6,11-13H2,2H3,(H,17,18). The maximum atomic E-state index is 11.6. The van der Waals surface area contributed by atoms with Crippen molar-refractivity contribution in [3.8, 4) is 12.3 Å². The summed E-state index contributed by atoms with van der Waals surface area (Å²) in [5.41, 5.74) is 2.46. The lowest BCUT2D eigenvalue weighted by Gasteiger charge is -2.05. The van der Waals surface area contributed by atoms with Crippen LogP contribution >= 0.6 is 0 Å². The lowest BCUT2D eigenvalue weighted by Crippen LogP contribution is -2.24.